The topological polar surface area (TPSA) is 26.3 Å². The van der Waals surface area contributed by atoms with Crippen LogP contribution >= 0.6 is 0 Å². The minimum atomic E-state index is -0.702. The molecule has 0 amide bonds. The van der Waals surface area contributed by atoms with E-state index < -0.39 is 5.60 Å². The average Bonchev–Trinajstić information content (AvgIpc) is 2.78. The van der Waals surface area contributed by atoms with Gasteiger partial charge >= 0.3 is 18.9 Å². The van der Waals surface area contributed by atoms with Gasteiger partial charge in [-0.2, -0.15) is 0 Å². The minimum Gasteiger partial charge on any atom is -0.848 e. The molecule has 0 aromatic carbocycles. The molecule has 4 atom stereocenters. The Hall–Kier alpha value is 0.517. The maximum atomic E-state index is 12.8. The van der Waals surface area contributed by atoms with Gasteiger partial charge in [-0.25, -0.2) is 0 Å². The smallest absolute Gasteiger partial charge is 0.848 e. The molecule has 1 aliphatic heterocycles. The molecule has 1 heterocycles. The van der Waals surface area contributed by atoms with Crippen LogP contribution in [-0.4, -0.2) is 29.6 Å². The number of hydrogen-bond donors (Lipinski definition) is 0. The van der Waals surface area contributed by atoms with Gasteiger partial charge in [-0.3, -0.25) is 0 Å². The first-order valence-electron chi connectivity index (χ1n) is 7.37. The zero-order chi connectivity index (χ0) is 12.3. The number of likely N-dealkylation sites (tertiary alicyclic amines) is 1. The Morgan fingerprint density at radius 1 is 1.00 bits per heavy atom. The molecule has 0 N–H and O–H groups in total. The fourth-order valence-corrected chi connectivity index (χ4v) is 4.56. The number of nitrogens with zero attached hydrogens (tertiary/aromatic N) is 1. The molecule has 2 aliphatic carbocycles. The van der Waals surface area contributed by atoms with E-state index in [9.17, 15) is 5.11 Å². The summed E-state index contributed by atoms with van der Waals surface area (Å²) in [5.74, 6) is 1.54. The normalized spacial score (nSPS) is 47.0. The number of fused-ring (bicyclic) bond motifs is 1. The predicted octanol–water partition coefficient (Wildman–Crippen LogP) is -0.970. The van der Waals surface area contributed by atoms with E-state index >= 15 is 0 Å². The number of rotatable bonds is 1. The molecule has 18 heavy (non-hydrogen) atoms. The zero-order valence-corrected chi connectivity index (χ0v) is 12.5. The number of hydrogen-bond acceptors (Lipinski definition) is 2. The van der Waals surface area contributed by atoms with Crippen molar-refractivity contribution >= 4 is 0 Å². The molecular formula is C15H26LiNO. The average molecular weight is 243 g/mol. The van der Waals surface area contributed by atoms with E-state index in [0.29, 0.717) is 17.4 Å². The molecule has 3 fully saturated rings. The Labute approximate surface area is 124 Å². The molecule has 0 unspecified atom stereocenters. The van der Waals surface area contributed by atoms with Gasteiger partial charge in [0.25, 0.3) is 0 Å². The van der Waals surface area contributed by atoms with E-state index in [2.05, 4.69) is 18.7 Å². The van der Waals surface area contributed by atoms with Crippen LogP contribution < -0.4 is 24.0 Å². The summed E-state index contributed by atoms with van der Waals surface area (Å²) in [6.07, 6.45) is 6.02. The van der Waals surface area contributed by atoms with Crippen molar-refractivity contribution in [1.82, 2.24) is 4.90 Å². The van der Waals surface area contributed by atoms with Crippen molar-refractivity contribution < 1.29 is 24.0 Å². The van der Waals surface area contributed by atoms with Gasteiger partial charge in [0, 0.05) is 0 Å². The minimum absolute atomic E-state index is 0. The van der Waals surface area contributed by atoms with Crippen LogP contribution in [0.25, 0.3) is 0 Å². The first kappa shape index (κ1) is 14.9. The van der Waals surface area contributed by atoms with Gasteiger partial charge in [-0.1, -0.05) is 33.6 Å². The van der Waals surface area contributed by atoms with Crippen molar-refractivity contribution in [3.8, 4) is 0 Å². The molecule has 2 saturated carbocycles. The summed E-state index contributed by atoms with van der Waals surface area (Å²) in [5.41, 5.74) is -0.248. The van der Waals surface area contributed by atoms with Gasteiger partial charge in [-0.15, -0.1) is 5.60 Å². The molecule has 0 aromatic rings. The summed E-state index contributed by atoms with van der Waals surface area (Å²) >= 11 is 0. The van der Waals surface area contributed by atoms with Crippen molar-refractivity contribution in [3.63, 3.8) is 0 Å². The van der Waals surface area contributed by atoms with Gasteiger partial charge in [0.05, 0.1) is 0 Å². The molecule has 3 rings (SSSR count). The Kier molecular flexibility index (Phi) is 3.99. The molecule has 3 aliphatic rings. The van der Waals surface area contributed by atoms with E-state index in [1.165, 1.54) is 32.4 Å². The summed E-state index contributed by atoms with van der Waals surface area (Å²) in [6.45, 7) is 9.02. The third-order valence-corrected chi connectivity index (χ3v) is 5.93. The van der Waals surface area contributed by atoms with Crippen molar-refractivity contribution in [2.75, 3.05) is 13.1 Å². The third kappa shape index (κ3) is 2.31. The summed E-state index contributed by atoms with van der Waals surface area (Å²) in [6, 6.07) is 0.311. The second-order valence-corrected chi connectivity index (χ2v) is 7.40. The van der Waals surface area contributed by atoms with E-state index in [0.717, 1.165) is 18.8 Å². The molecule has 0 radical (unpaired) electrons. The van der Waals surface area contributed by atoms with Crippen LogP contribution in [0, 0.1) is 17.3 Å². The van der Waals surface area contributed by atoms with Crippen LogP contribution in [0.5, 0.6) is 0 Å². The molecule has 1 saturated heterocycles. The van der Waals surface area contributed by atoms with E-state index in [4.69, 9.17) is 0 Å². The third-order valence-electron chi connectivity index (χ3n) is 5.93. The van der Waals surface area contributed by atoms with Gasteiger partial charge < -0.3 is 10.0 Å². The Bertz CT molecular complexity index is 310. The fraction of sp³-hybridized carbons (Fsp3) is 1.00. The molecule has 2 nitrogen and oxygen atoms in total. The van der Waals surface area contributed by atoms with Crippen LogP contribution in [0.4, 0.5) is 0 Å². The van der Waals surface area contributed by atoms with Crippen molar-refractivity contribution in [1.29, 1.82) is 0 Å². The molecule has 3 heteroatoms. The monoisotopic (exact) mass is 243 g/mol. The zero-order valence-electron chi connectivity index (χ0n) is 12.5. The van der Waals surface area contributed by atoms with Crippen LogP contribution in [0.1, 0.15) is 52.9 Å². The van der Waals surface area contributed by atoms with Crippen LogP contribution in [-0.2, 0) is 0 Å². The molecule has 0 bridgehead atoms. The van der Waals surface area contributed by atoms with Crippen LogP contribution in [0.15, 0.2) is 0 Å². The van der Waals surface area contributed by atoms with Crippen LogP contribution in [0.2, 0.25) is 0 Å². The van der Waals surface area contributed by atoms with Crippen molar-refractivity contribution in [2.24, 2.45) is 17.3 Å². The van der Waals surface area contributed by atoms with Gasteiger partial charge in [0.15, 0.2) is 0 Å². The molecule has 0 spiro atoms. The first-order valence-corrected chi connectivity index (χ1v) is 7.37. The first-order chi connectivity index (χ1) is 7.93. The standard InChI is InChI=1S/C15H26NO.Li/c1-14(2)11-9-13(15(3,17)10-12(11)14)16-7-5-4-6-8-16;/h11-13H,4-10H2,1-3H3;/q-1;+1/t11-,12+,13+,15+;/m1./s1. The molecule has 0 aromatic heterocycles. The second-order valence-electron chi connectivity index (χ2n) is 7.40. The fourth-order valence-electron chi connectivity index (χ4n) is 4.56. The summed E-state index contributed by atoms with van der Waals surface area (Å²) in [4.78, 5) is 2.52. The van der Waals surface area contributed by atoms with Crippen LogP contribution in [0.3, 0.4) is 0 Å². The van der Waals surface area contributed by atoms with Gasteiger partial charge in [0.1, 0.15) is 0 Å². The van der Waals surface area contributed by atoms with E-state index in [-0.39, 0.29) is 18.9 Å². The Morgan fingerprint density at radius 2 is 1.61 bits per heavy atom. The maximum Gasteiger partial charge on any atom is 1.00 e. The number of piperidine rings is 1. The summed E-state index contributed by atoms with van der Waals surface area (Å²) in [7, 11) is 0. The molecular weight excluding hydrogens is 217 g/mol. The van der Waals surface area contributed by atoms with Crippen molar-refractivity contribution in [3.05, 3.63) is 0 Å². The Morgan fingerprint density at radius 3 is 2.22 bits per heavy atom. The summed E-state index contributed by atoms with van der Waals surface area (Å²) < 4.78 is 0. The van der Waals surface area contributed by atoms with Crippen molar-refractivity contribution in [2.45, 2.75) is 64.5 Å². The van der Waals surface area contributed by atoms with Gasteiger partial charge in [-0.05, 0) is 55.6 Å². The summed E-state index contributed by atoms with van der Waals surface area (Å²) in [5, 5.41) is 12.8. The quantitative estimate of drug-likeness (QED) is 0.554. The van der Waals surface area contributed by atoms with E-state index in [1.54, 1.807) is 0 Å². The Balaban J connectivity index is 0.00000120. The maximum absolute atomic E-state index is 12.8. The SMILES string of the molecule is CC1(C)[C@@H]2C[C@H](N3CCCCC3)[C@@](C)([O-])C[C@@H]21.[Li+]. The predicted molar refractivity (Wildman–Crippen MR) is 67.6 cm³/mol. The van der Waals surface area contributed by atoms with Gasteiger partial charge in [0.2, 0.25) is 0 Å². The van der Waals surface area contributed by atoms with E-state index in [1.807, 2.05) is 6.92 Å². The largest absolute Gasteiger partial charge is 1.00 e. The second kappa shape index (κ2) is 4.81. The molecule has 98 valence electrons.